The molecule has 0 amide bonds. The summed E-state index contributed by atoms with van der Waals surface area (Å²) in [4.78, 5) is 13.1. The molecule has 0 spiro atoms. The number of aryl methyl sites for hydroxylation is 1. The summed E-state index contributed by atoms with van der Waals surface area (Å²) < 4.78 is 11.5. The highest BCUT2D eigenvalue weighted by Gasteiger charge is 2.43. The van der Waals surface area contributed by atoms with E-state index in [2.05, 4.69) is 10.5 Å². The molecule has 0 radical (unpaired) electrons. The van der Waals surface area contributed by atoms with Crippen molar-refractivity contribution in [1.29, 1.82) is 0 Å². The number of benzene rings is 1. The van der Waals surface area contributed by atoms with Gasteiger partial charge in [0, 0.05) is 36.4 Å². The van der Waals surface area contributed by atoms with Crippen LogP contribution in [0.5, 0.6) is 0 Å². The molecule has 3 fully saturated rings. The fraction of sp³-hybridized carbons (Fsp3) is 0.500. The Kier molecular flexibility index (Phi) is 3.45. The van der Waals surface area contributed by atoms with Gasteiger partial charge in [-0.05, 0) is 31.7 Å². The second-order valence-electron chi connectivity index (χ2n) is 7.64. The van der Waals surface area contributed by atoms with Crippen molar-refractivity contribution in [2.24, 2.45) is 5.92 Å². The lowest BCUT2D eigenvalue weighted by Gasteiger charge is -2.22. The molecule has 0 unspecified atom stereocenters. The lowest BCUT2D eigenvalue weighted by molar-refractivity contribution is 0.0177. The van der Waals surface area contributed by atoms with Crippen LogP contribution < -0.4 is 5.32 Å². The van der Waals surface area contributed by atoms with Gasteiger partial charge in [-0.3, -0.25) is 0 Å². The summed E-state index contributed by atoms with van der Waals surface area (Å²) in [5.41, 5.74) is 3.20. The second kappa shape index (κ2) is 5.70. The van der Waals surface area contributed by atoms with Crippen molar-refractivity contribution in [3.05, 3.63) is 41.2 Å². The number of hydrogen-bond donors (Lipinski definition) is 1. The fourth-order valence-electron chi connectivity index (χ4n) is 4.27. The van der Waals surface area contributed by atoms with E-state index in [1.165, 1.54) is 0 Å². The van der Waals surface area contributed by atoms with Crippen LogP contribution in [-0.2, 0) is 4.74 Å². The van der Waals surface area contributed by atoms with Crippen molar-refractivity contribution < 1.29 is 14.1 Å². The van der Waals surface area contributed by atoms with E-state index in [1.807, 2.05) is 31.2 Å². The van der Waals surface area contributed by atoms with Gasteiger partial charge in [0.25, 0.3) is 0 Å². The molecular formula is C20H22N2O3. The minimum Gasteiger partial charge on any atom is -0.458 e. The third kappa shape index (κ3) is 2.58. The Morgan fingerprint density at radius 1 is 1.28 bits per heavy atom. The number of hydrogen-bond acceptors (Lipinski definition) is 5. The molecule has 1 saturated heterocycles. The van der Waals surface area contributed by atoms with Crippen LogP contribution in [0.25, 0.3) is 11.3 Å². The van der Waals surface area contributed by atoms with Gasteiger partial charge in [-0.25, -0.2) is 4.79 Å². The molecule has 1 N–H and O–H groups in total. The molecule has 5 heteroatoms. The Morgan fingerprint density at radius 3 is 2.80 bits per heavy atom. The molecule has 3 aliphatic rings. The van der Waals surface area contributed by atoms with Crippen LogP contribution >= 0.6 is 0 Å². The van der Waals surface area contributed by atoms with Gasteiger partial charge in [0.15, 0.2) is 5.76 Å². The Morgan fingerprint density at radius 2 is 2.12 bits per heavy atom. The number of nitrogens with one attached hydrogen (secondary N) is 1. The molecule has 1 aromatic heterocycles. The van der Waals surface area contributed by atoms with Crippen LogP contribution in [-0.4, -0.2) is 29.8 Å². The third-order valence-corrected chi connectivity index (χ3v) is 5.83. The van der Waals surface area contributed by atoms with Gasteiger partial charge in [0.2, 0.25) is 0 Å². The van der Waals surface area contributed by atoms with Crippen LogP contribution in [0.15, 0.2) is 28.8 Å². The Hall–Kier alpha value is -2.14. The maximum absolute atomic E-state index is 13.1. The van der Waals surface area contributed by atoms with E-state index < -0.39 is 0 Å². The molecule has 1 aliphatic heterocycles. The third-order valence-electron chi connectivity index (χ3n) is 5.83. The number of nitrogens with zero attached hydrogens (tertiary/aromatic N) is 1. The zero-order valence-electron chi connectivity index (χ0n) is 14.3. The zero-order chi connectivity index (χ0) is 17.0. The second-order valence-corrected chi connectivity index (χ2v) is 7.64. The first-order chi connectivity index (χ1) is 12.2. The van der Waals surface area contributed by atoms with E-state index in [-0.39, 0.29) is 12.1 Å². The first kappa shape index (κ1) is 15.1. The highest BCUT2D eigenvalue weighted by Crippen LogP contribution is 2.45. The quantitative estimate of drug-likeness (QED) is 0.865. The SMILES string of the molecule is Cc1ccccc1-c1noc(C2CC2)c1C(=O)O[C@@H]1C[C@@H]2C[C@H]1CN2. The summed E-state index contributed by atoms with van der Waals surface area (Å²) in [5.74, 6) is 1.21. The summed E-state index contributed by atoms with van der Waals surface area (Å²) in [6, 6.07) is 8.47. The summed E-state index contributed by atoms with van der Waals surface area (Å²) in [7, 11) is 0. The molecule has 5 rings (SSSR count). The summed E-state index contributed by atoms with van der Waals surface area (Å²) in [6.07, 6.45) is 4.16. The van der Waals surface area contributed by atoms with Crippen molar-refractivity contribution in [2.45, 2.75) is 50.7 Å². The highest BCUT2D eigenvalue weighted by molar-refractivity contribution is 5.98. The van der Waals surface area contributed by atoms with Gasteiger partial charge in [-0.15, -0.1) is 0 Å². The number of aromatic nitrogens is 1. The minimum absolute atomic E-state index is 0.0189. The Bertz CT molecular complexity index is 824. The average molecular weight is 338 g/mol. The van der Waals surface area contributed by atoms with Gasteiger partial charge in [0.05, 0.1) is 0 Å². The lowest BCUT2D eigenvalue weighted by Crippen LogP contribution is -2.35. The minimum atomic E-state index is -0.265. The molecule has 1 aromatic carbocycles. The number of rotatable bonds is 4. The van der Waals surface area contributed by atoms with Gasteiger partial charge < -0.3 is 14.6 Å². The first-order valence-corrected chi connectivity index (χ1v) is 9.20. The topological polar surface area (TPSA) is 64.4 Å². The molecule has 2 aromatic rings. The van der Waals surface area contributed by atoms with Crippen molar-refractivity contribution in [1.82, 2.24) is 10.5 Å². The fourth-order valence-corrected chi connectivity index (χ4v) is 4.27. The average Bonchev–Trinajstić information content (AvgIpc) is 3.04. The highest BCUT2D eigenvalue weighted by atomic mass is 16.5. The normalized spacial score (nSPS) is 27.6. The molecule has 2 heterocycles. The number of carbonyl (C=O) groups is 1. The molecule has 2 saturated carbocycles. The summed E-state index contributed by atoms with van der Waals surface area (Å²) >= 11 is 0. The van der Waals surface area contributed by atoms with Gasteiger partial charge in [0.1, 0.15) is 17.4 Å². The number of ether oxygens (including phenoxy) is 1. The van der Waals surface area contributed by atoms with Crippen molar-refractivity contribution >= 4 is 5.97 Å². The molecule has 25 heavy (non-hydrogen) atoms. The van der Waals surface area contributed by atoms with E-state index >= 15 is 0 Å². The van der Waals surface area contributed by atoms with Gasteiger partial charge in [-0.1, -0.05) is 29.4 Å². The largest absolute Gasteiger partial charge is 0.458 e. The molecule has 130 valence electrons. The van der Waals surface area contributed by atoms with Crippen LogP contribution in [0, 0.1) is 12.8 Å². The summed E-state index contributed by atoms with van der Waals surface area (Å²) in [5, 5.41) is 7.72. The Balaban J connectivity index is 1.49. The number of carbonyl (C=O) groups excluding carboxylic acids is 1. The molecule has 2 bridgehead atoms. The maximum atomic E-state index is 13.1. The van der Waals surface area contributed by atoms with Crippen LogP contribution in [0.3, 0.4) is 0 Å². The lowest BCUT2D eigenvalue weighted by atomic mass is 10.00. The van der Waals surface area contributed by atoms with Gasteiger partial charge >= 0.3 is 5.97 Å². The zero-order valence-corrected chi connectivity index (χ0v) is 14.3. The molecule has 5 nitrogen and oxygen atoms in total. The van der Waals surface area contributed by atoms with E-state index in [1.54, 1.807) is 0 Å². The van der Waals surface area contributed by atoms with E-state index in [0.29, 0.717) is 34.9 Å². The predicted octanol–water partition coefficient (Wildman–Crippen LogP) is 3.43. The molecule has 2 aliphatic carbocycles. The van der Waals surface area contributed by atoms with Crippen molar-refractivity contribution in [2.75, 3.05) is 6.54 Å². The number of esters is 1. The van der Waals surface area contributed by atoms with Crippen LogP contribution in [0.2, 0.25) is 0 Å². The monoisotopic (exact) mass is 338 g/mol. The van der Waals surface area contributed by atoms with E-state index in [4.69, 9.17) is 9.26 Å². The predicted molar refractivity (Wildman–Crippen MR) is 92.4 cm³/mol. The number of fused-ring (bicyclic) bond motifs is 2. The van der Waals surface area contributed by atoms with Crippen LogP contribution in [0.4, 0.5) is 0 Å². The number of piperidine rings is 1. The van der Waals surface area contributed by atoms with Crippen LogP contribution in [0.1, 0.15) is 53.3 Å². The van der Waals surface area contributed by atoms with E-state index in [9.17, 15) is 4.79 Å². The van der Waals surface area contributed by atoms with E-state index in [0.717, 1.165) is 43.4 Å². The van der Waals surface area contributed by atoms with Gasteiger partial charge in [-0.2, -0.15) is 0 Å². The first-order valence-electron chi connectivity index (χ1n) is 9.20. The Labute approximate surface area is 146 Å². The molecule has 3 atom stereocenters. The standard InChI is InChI=1S/C20H22N2O3/c1-11-4-2-3-5-15(11)18-17(19(25-22-18)12-6-7-12)20(23)24-16-9-14-8-13(16)10-21-14/h2-5,12-14,16,21H,6-10H2,1H3/t13-,14-,16+/m0/s1. The summed E-state index contributed by atoms with van der Waals surface area (Å²) in [6.45, 7) is 2.98. The van der Waals surface area contributed by atoms with Crippen molar-refractivity contribution in [3.8, 4) is 11.3 Å². The van der Waals surface area contributed by atoms with Crippen molar-refractivity contribution in [3.63, 3.8) is 0 Å². The molecular weight excluding hydrogens is 316 g/mol. The smallest absolute Gasteiger partial charge is 0.344 e. The maximum Gasteiger partial charge on any atom is 0.344 e.